The Bertz CT molecular complexity index is 1260. The summed E-state index contributed by atoms with van der Waals surface area (Å²) >= 11 is 0. The number of hydrogen-bond acceptors (Lipinski definition) is 4. The molecule has 2 heterocycles. The molecule has 3 aromatic carbocycles. The molecular weight excluding hydrogens is 417 g/mol. The summed E-state index contributed by atoms with van der Waals surface area (Å²) in [6.07, 6.45) is 5.25. The topological polar surface area (TPSA) is 64.1 Å². The average molecular weight is 439 g/mol. The number of ether oxygens (including phenoxy) is 1. The molecule has 1 aromatic heterocycles. The van der Waals surface area contributed by atoms with Crippen LogP contribution < -0.4 is 10.1 Å². The van der Waals surface area contributed by atoms with Crippen molar-refractivity contribution in [3.63, 3.8) is 0 Å². The number of nitrogens with zero attached hydrogens (tertiary/aromatic N) is 2. The van der Waals surface area contributed by atoms with Gasteiger partial charge in [-0.05, 0) is 28.8 Å². The van der Waals surface area contributed by atoms with Crippen molar-refractivity contribution in [1.29, 1.82) is 0 Å². The van der Waals surface area contributed by atoms with Crippen LogP contribution in [-0.2, 0) is 17.6 Å². The summed E-state index contributed by atoms with van der Waals surface area (Å²) in [5.41, 5.74) is 5.30. The summed E-state index contributed by atoms with van der Waals surface area (Å²) in [5, 5.41) is 2.95. The molecule has 1 aliphatic rings. The van der Waals surface area contributed by atoms with E-state index in [1.165, 1.54) is 18.5 Å². The van der Waals surface area contributed by atoms with E-state index in [0.29, 0.717) is 29.8 Å². The van der Waals surface area contributed by atoms with Gasteiger partial charge in [-0.25, -0.2) is 14.4 Å². The molecule has 5 rings (SSSR count). The molecule has 0 unspecified atom stereocenters. The highest BCUT2D eigenvalue weighted by atomic mass is 19.1. The molecule has 0 saturated carbocycles. The van der Waals surface area contributed by atoms with Gasteiger partial charge in [-0.1, -0.05) is 54.6 Å². The van der Waals surface area contributed by atoms with Crippen LogP contribution in [0.25, 0.3) is 22.3 Å². The first-order valence-corrected chi connectivity index (χ1v) is 10.8. The van der Waals surface area contributed by atoms with Crippen LogP contribution >= 0.6 is 0 Å². The number of carbonyl (C=O) groups excluding carboxylic acids is 1. The van der Waals surface area contributed by atoms with Gasteiger partial charge >= 0.3 is 0 Å². The third kappa shape index (κ3) is 4.75. The molecule has 1 atom stereocenters. The number of aromatic nitrogens is 2. The van der Waals surface area contributed by atoms with Crippen molar-refractivity contribution in [3.05, 3.63) is 102 Å². The van der Waals surface area contributed by atoms with Crippen LogP contribution in [0.1, 0.15) is 11.1 Å². The van der Waals surface area contributed by atoms with Crippen molar-refractivity contribution in [2.24, 2.45) is 0 Å². The minimum absolute atomic E-state index is 0.0788. The van der Waals surface area contributed by atoms with Crippen molar-refractivity contribution >= 4 is 5.91 Å². The Labute approximate surface area is 191 Å². The predicted molar refractivity (Wildman–Crippen MR) is 124 cm³/mol. The molecule has 0 saturated heterocycles. The molecule has 0 aliphatic carbocycles. The van der Waals surface area contributed by atoms with Gasteiger partial charge in [-0.15, -0.1) is 0 Å². The summed E-state index contributed by atoms with van der Waals surface area (Å²) in [7, 11) is 0. The van der Waals surface area contributed by atoms with Crippen LogP contribution in [0, 0.1) is 5.82 Å². The third-order valence-electron chi connectivity index (χ3n) is 5.69. The van der Waals surface area contributed by atoms with Crippen molar-refractivity contribution in [2.45, 2.75) is 18.9 Å². The van der Waals surface area contributed by atoms with Crippen molar-refractivity contribution in [1.82, 2.24) is 15.3 Å². The first-order valence-electron chi connectivity index (χ1n) is 10.8. The lowest BCUT2D eigenvalue weighted by Crippen LogP contribution is -2.35. The van der Waals surface area contributed by atoms with Gasteiger partial charge in [0.15, 0.2) is 0 Å². The van der Waals surface area contributed by atoms with E-state index in [9.17, 15) is 9.18 Å². The van der Waals surface area contributed by atoms with E-state index in [-0.39, 0.29) is 24.2 Å². The highest BCUT2D eigenvalue weighted by Crippen LogP contribution is 2.39. The van der Waals surface area contributed by atoms with Gasteiger partial charge in [0.1, 0.15) is 24.0 Å². The van der Waals surface area contributed by atoms with Crippen LogP contribution in [0.15, 0.2) is 85.5 Å². The molecular formula is C27H22FN3O2. The van der Waals surface area contributed by atoms with Gasteiger partial charge in [0, 0.05) is 35.5 Å². The molecule has 164 valence electrons. The van der Waals surface area contributed by atoms with Gasteiger partial charge in [-0.3, -0.25) is 4.79 Å². The molecule has 0 bridgehead atoms. The van der Waals surface area contributed by atoms with E-state index in [1.807, 2.05) is 42.5 Å². The van der Waals surface area contributed by atoms with Gasteiger partial charge in [0.2, 0.25) is 5.91 Å². The normalized spacial score (nSPS) is 14.4. The first kappa shape index (κ1) is 20.8. The number of amides is 1. The average Bonchev–Trinajstić information content (AvgIpc) is 3.26. The quantitative estimate of drug-likeness (QED) is 0.477. The smallest absolute Gasteiger partial charge is 0.224 e. The standard InChI is InChI=1S/C27H22FN3O2/c28-23-11-21-12-24(33-27(21)25(13-23)22-14-29-17-30-15-22)16-31-26(32)10-18-6-8-20(9-7-18)19-4-2-1-3-5-19/h1-9,11,13-15,17,24H,10,12,16H2,(H,31,32)/t24-/m0/s1. The minimum Gasteiger partial charge on any atom is -0.487 e. The van der Waals surface area contributed by atoms with Crippen LogP contribution in [0.3, 0.4) is 0 Å². The predicted octanol–water partition coefficient (Wildman–Crippen LogP) is 4.61. The van der Waals surface area contributed by atoms with E-state index < -0.39 is 0 Å². The summed E-state index contributed by atoms with van der Waals surface area (Å²) in [6.45, 7) is 0.349. The number of fused-ring (bicyclic) bond motifs is 1. The fourth-order valence-electron chi connectivity index (χ4n) is 4.08. The number of carbonyl (C=O) groups is 1. The van der Waals surface area contributed by atoms with Crippen LogP contribution in [0.5, 0.6) is 5.75 Å². The highest BCUT2D eigenvalue weighted by Gasteiger charge is 2.27. The maximum Gasteiger partial charge on any atom is 0.224 e. The zero-order chi connectivity index (χ0) is 22.6. The maximum atomic E-state index is 14.2. The van der Waals surface area contributed by atoms with E-state index in [1.54, 1.807) is 12.4 Å². The fourth-order valence-corrected chi connectivity index (χ4v) is 4.08. The zero-order valence-corrected chi connectivity index (χ0v) is 17.9. The fraction of sp³-hybridized carbons (Fsp3) is 0.148. The van der Waals surface area contributed by atoms with Gasteiger partial charge in [0.25, 0.3) is 0 Å². The van der Waals surface area contributed by atoms with E-state index in [2.05, 4.69) is 27.4 Å². The lowest BCUT2D eigenvalue weighted by atomic mass is 10.0. The SMILES string of the molecule is O=C(Cc1ccc(-c2ccccc2)cc1)NC[C@@H]1Cc2cc(F)cc(-c3cncnc3)c2O1. The summed E-state index contributed by atoms with van der Waals surface area (Å²) in [5.74, 6) is 0.215. The Morgan fingerprint density at radius 3 is 2.45 bits per heavy atom. The Morgan fingerprint density at radius 1 is 0.970 bits per heavy atom. The number of rotatable bonds is 6. The molecule has 1 N–H and O–H groups in total. The number of benzene rings is 3. The molecule has 5 nitrogen and oxygen atoms in total. The minimum atomic E-state index is -0.333. The second-order valence-electron chi connectivity index (χ2n) is 8.06. The lowest BCUT2D eigenvalue weighted by molar-refractivity contribution is -0.120. The van der Waals surface area contributed by atoms with Crippen LogP contribution in [-0.4, -0.2) is 28.5 Å². The van der Waals surface area contributed by atoms with E-state index >= 15 is 0 Å². The first-order chi connectivity index (χ1) is 16.2. The molecule has 33 heavy (non-hydrogen) atoms. The summed E-state index contributed by atoms with van der Waals surface area (Å²) in [4.78, 5) is 20.5. The van der Waals surface area contributed by atoms with Crippen molar-refractivity contribution < 1.29 is 13.9 Å². The van der Waals surface area contributed by atoms with Gasteiger partial charge in [0.05, 0.1) is 13.0 Å². The summed E-state index contributed by atoms with van der Waals surface area (Å²) in [6, 6.07) is 21.0. The molecule has 1 amide bonds. The lowest BCUT2D eigenvalue weighted by Gasteiger charge is -2.14. The largest absolute Gasteiger partial charge is 0.487 e. The highest BCUT2D eigenvalue weighted by molar-refractivity contribution is 5.79. The monoisotopic (exact) mass is 439 g/mol. The second-order valence-corrected chi connectivity index (χ2v) is 8.06. The van der Waals surface area contributed by atoms with Crippen LogP contribution in [0.4, 0.5) is 4.39 Å². The van der Waals surface area contributed by atoms with Gasteiger partial charge < -0.3 is 10.1 Å². The Kier molecular flexibility index (Phi) is 5.81. The molecule has 0 radical (unpaired) electrons. The molecule has 6 heteroatoms. The second kappa shape index (κ2) is 9.20. The molecule has 1 aliphatic heterocycles. The van der Waals surface area contributed by atoms with Crippen molar-refractivity contribution in [3.8, 4) is 28.0 Å². The third-order valence-corrected chi connectivity index (χ3v) is 5.69. The maximum absolute atomic E-state index is 14.2. The molecule has 0 fully saturated rings. The molecule has 4 aromatic rings. The van der Waals surface area contributed by atoms with E-state index in [0.717, 1.165) is 22.3 Å². The number of hydrogen-bond donors (Lipinski definition) is 1. The Balaban J connectivity index is 1.19. The Hall–Kier alpha value is -4.06. The van der Waals surface area contributed by atoms with Gasteiger partial charge in [-0.2, -0.15) is 0 Å². The van der Waals surface area contributed by atoms with Crippen LogP contribution in [0.2, 0.25) is 0 Å². The molecule has 0 spiro atoms. The Morgan fingerprint density at radius 2 is 1.70 bits per heavy atom. The van der Waals surface area contributed by atoms with Crippen molar-refractivity contribution in [2.75, 3.05) is 6.54 Å². The number of halogens is 1. The zero-order valence-electron chi connectivity index (χ0n) is 17.9. The van der Waals surface area contributed by atoms with E-state index in [4.69, 9.17) is 4.74 Å². The summed E-state index contributed by atoms with van der Waals surface area (Å²) < 4.78 is 20.2. The number of nitrogens with one attached hydrogen (secondary N) is 1.